The van der Waals surface area contributed by atoms with Crippen molar-refractivity contribution in [2.45, 2.75) is 0 Å². The largest absolute Gasteiger partial charge is 0.379 e. The molecule has 0 unspecified atom stereocenters. The molecule has 28 valence electrons. The second kappa shape index (κ2) is 11.4. The Kier molecular flexibility index (Phi) is 25.4. The summed E-state index contributed by atoms with van der Waals surface area (Å²) in [4.78, 5) is 8.11. The Balaban J connectivity index is 0. The molecule has 0 aromatic rings. The van der Waals surface area contributed by atoms with Gasteiger partial charge in [-0.15, -0.1) is 4.91 Å². The molecule has 0 aromatic heterocycles. The van der Waals surface area contributed by atoms with Crippen LogP contribution in [0.25, 0.3) is 0 Å². The summed E-state index contributed by atoms with van der Waals surface area (Å²) >= 11 is 0. The van der Waals surface area contributed by atoms with E-state index >= 15 is 0 Å². The average molecular weight is 242 g/mol. The standard InChI is InChI=1S/HNO2.Pt/c2-1-3;/h(H,2,3);. The molecule has 0 bridgehead atoms. The van der Waals surface area contributed by atoms with E-state index in [1.165, 1.54) is 5.34 Å². The number of hydrogen-bond acceptors (Lipinski definition) is 2. The van der Waals surface area contributed by atoms with E-state index in [1.54, 1.807) is 0 Å². The monoisotopic (exact) mass is 242 g/mol. The van der Waals surface area contributed by atoms with Gasteiger partial charge in [0, 0.05) is 21.1 Å². The van der Waals surface area contributed by atoms with Gasteiger partial charge in [-0.1, -0.05) is 0 Å². The smallest absolute Gasteiger partial charge is 0.152 e. The van der Waals surface area contributed by atoms with Crippen LogP contribution in [0, 0.1) is 4.91 Å². The minimum atomic E-state index is 0. The summed E-state index contributed by atoms with van der Waals surface area (Å²) in [5, 5.41) is 7.89. The van der Waals surface area contributed by atoms with Crippen LogP contribution >= 0.6 is 0 Å². The number of rotatable bonds is 0. The van der Waals surface area contributed by atoms with E-state index in [1.807, 2.05) is 0 Å². The fraction of sp³-hybridized carbons (Fsp3) is 0. The van der Waals surface area contributed by atoms with Crippen molar-refractivity contribution in [3.8, 4) is 0 Å². The minimum Gasteiger partial charge on any atom is -0.379 e. The Morgan fingerprint density at radius 2 is 1.75 bits per heavy atom. The van der Waals surface area contributed by atoms with Crippen LogP contribution in [0.1, 0.15) is 0 Å². The van der Waals surface area contributed by atoms with Gasteiger partial charge in [-0.25, -0.2) is 0 Å². The zero-order chi connectivity index (χ0) is 2.71. The van der Waals surface area contributed by atoms with Crippen LogP contribution in [0.3, 0.4) is 0 Å². The molecule has 0 heterocycles. The molecule has 0 saturated carbocycles. The van der Waals surface area contributed by atoms with Crippen molar-refractivity contribution in [2.24, 2.45) is 5.34 Å². The van der Waals surface area contributed by atoms with Crippen molar-refractivity contribution in [1.29, 1.82) is 0 Å². The van der Waals surface area contributed by atoms with E-state index in [4.69, 9.17) is 10.1 Å². The molecule has 0 atom stereocenters. The molecule has 0 fully saturated rings. The predicted octanol–water partition coefficient (Wildman–Crippen LogP) is 0.140. The van der Waals surface area contributed by atoms with Gasteiger partial charge < -0.3 is 5.21 Å². The third-order valence-corrected chi connectivity index (χ3v) is 0. The van der Waals surface area contributed by atoms with Crippen LogP contribution in [0.15, 0.2) is 5.34 Å². The third kappa shape index (κ3) is 317. The van der Waals surface area contributed by atoms with E-state index in [2.05, 4.69) is 0 Å². The average Bonchev–Trinajstić information content (AvgIpc) is 0.918. The Morgan fingerprint density at radius 1 is 1.75 bits per heavy atom. The first-order valence-electron chi connectivity index (χ1n) is 0.383. The molecule has 0 aliphatic heterocycles. The molecular weight excluding hydrogens is 241 g/mol. The fourth-order valence-electron chi connectivity index (χ4n) is 0. The topological polar surface area (TPSA) is 49.7 Å². The summed E-state index contributed by atoms with van der Waals surface area (Å²) in [6, 6.07) is 0. The molecule has 4 heteroatoms. The first kappa shape index (κ1) is 8.94. The summed E-state index contributed by atoms with van der Waals surface area (Å²) in [6.45, 7) is 0. The van der Waals surface area contributed by atoms with Gasteiger partial charge in [0.25, 0.3) is 0 Å². The van der Waals surface area contributed by atoms with Crippen LogP contribution in [0.4, 0.5) is 0 Å². The minimum absolute atomic E-state index is 0. The summed E-state index contributed by atoms with van der Waals surface area (Å²) < 4.78 is 0. The molecule has 4 heavy (non-hydrogen) atoms. The quantitative estimate of drug-likeness (QED) is 0.485. The van der Waals surface area contributed by atoms with Gasteiger partial charge in [0.15, 0.2) is 5.34 Å². The fourth-order valence-corrected chi connectivity index (χ4v) is 0. The van der Waals surface area contributed by atoms with Gasteiger partial charge in [-0.05, 0) is 0 Å². The van der Waals surface area contributed by atoms with E-state index in [9.17, 15) is 0 Å². The first-order chi connectivity index (χ1) is 1.41. The Bertz CT molecular complexity index is 13.5. The van der Waals surface area contributed by atoms with E-state index in [0.29, 0.717) is 0 Å². The van der Waals surface area contributed by atoms with Crippen molar-refractivity contribution < 1.29 is 26.3 Å². The van der Waals surface area contributed by atoms with Gasteiger partial charge in [-0.3, -0.25) is 0 Å². The second-order valence-electron chi connectivity index (χ2n) is 0.0816. The van der Waals surface area contributed by atoms with Gasteiger partial charge in [0.05, 0.1) is 0 Å². The molecule has 0 aromatic carbocycles. The Labute approximate surface area is 37.2 Å². The van der Waals surface area contributed by atoms with Crippen LogP contribution in [0.2, 0.25) is 0 Å². The molecular formula is HNO2Pt. The second-order valence-corrected chi connectivity index (χ2v) is 0.0816. The van der Waals surface area contributed by atoms with Crippen molar-refractivity contribution in [1.82, 2.24) is 0 Å². The van der Waals surface area contributed by atoms with Crippen LogP contribution in [-0.4, -0.2) is 5.21 Å². The maximum absolute atomic E-state index is 8.11. The molecule has 3 nitrogen and oxygen atoms in total. The molecule has 0 rings (SSSR count). The van der Waals surface area contributed by atoms with Gasteiger partial charge in [0.1, 0.15) is 0 Å². The van der Waals surface area contributed by atoms with Gasteiger partial charge in [0.2, 0.25) is 0 Å². The molecule has 1 N–H and O–H groups in total. The molecule has 0 aliphatic rings. The summed E-state index contributed by atoms with van der Waals surface area (Å²) in [5.41, 5.74) is 0. The maximum atomic E-state index is 8.11. The maximum Gasteiger partial charge on any atom is 0.152 e. The molecule has 0 aliphatic carbocycles. The van der Waals surface area contributed by atoms with Crippen molar-refractivity contribution in [2.75, 3.05) is 0 Å². The van der Waals surface area contributed by atoms with Crippen molar-refractivity contribution in [3.63, 3.8) is 0 Å². The zero-order valence-corrected chi connectivity index (χ0v) is 3.89. The zero-order valence-electron chi connectivity index (χ0n) is 1.62. The van der Waals surface area contributed by atoms with E-state index < -0.39 is 0 Å². The van der Waals surface area contributed by atoms with Crippen molar-refractivity contribution >= 4 is 0 Å². The molecule has 0 radical (unpaired) electrons. The summed E-state index contributed by atoms with van der Waals surface area (Å²) in [6.07, 6.45) is 0. The Morgan fingerprint density at radius 3 is 1.75 bits per heavy atom. The van der Waals surface area contributed by atoms with E-state index in [0.717, 1.165) is 0 Å². The van der Waals surface area contributed by atoms with Crippen LogP contribution in [-0.2, 0) is 21.1 Å². The van der Waals surface area contributed by atoms with E-state index in [-0.39, 0.29) is 21.1 Å². The molecule has 0 spiro atoms. The van der Waals surface area contributed by atoms with Crippen LogP contribution in [0.5, 0.6) is 0 Å². The summed E-state index contributed by atoms with van der Waals surface area (Å²) in [5.74, 6) is 0. The number of nitrogens with zero attached hydrogens (tertiary/aromatic N) is 1. The predicted molar refractivity (Wildman–Crippen MR) is 7.58 cm³/mol. The van der Waals surface area contributed by atoms with Gasteiger partial charge >= 0.3 is 0 Å². The normalized spacial score (nSPS) is 3.00. The van der Waals surface area contributed by atoms with Gasteiger partial charge in [-0.2, -0.15) is 0 Å². The number of hydrogen-bond donors (Lipinski definition) is 1. The Hall–Kier alpha value is 0.0883. The molecule has 0 saturated heterocycles. The first-order valence-corrected chi connectivity index (χ1v) is 0.383. The third-order valence-electron chi connectivity index (χ3n) is 0. The SMILES string of the molecule is O=NO.[Pt]. The van der Waals surface area contributed by atoms with Crippen LogP contribution < -0.4 is 0 Å². The summed E-state index contributed by atoms with van der Waals surface area (Å²) in [7, 11) is 0. The van der Waals surface area contributed by atoms with Crippen molar-refractivity contribution in [3.05, 3.63) is 4.91 Å². The molecule has 0 amide bonds.